The molecule has 0 bridgehead atoms. The summed E-state index contributed by atoms with van der Waals surface area (Å²) in [4.78, 5) is 24.6. The molecule has 4 rings (SSSR count). The van der Waals surface area contributed by atoms with Crippen LogP contribution in [0.5, 0.6) is 0 Å². The Bertz CT molecular complexity index is 1070. The number of carbonyl (C=O) groups is 1. The van der Waals surface area contributed by atoms with Gasteiger partial charge in [0, 0.05) is 11.8 Å². The van der Waals surface area contributed by atoms with Gasteiger partial charge in [-0.25, -0.2) is 4.79 Å². The molecule has 4 nitrogen and oxygen atoms in total. The van der Waals surface area contributed by atoms with E-state index in [4.69, 9.17) is 16.3 Å². The number of aromatic nitrogens is 1. The lowest BCUT2D eigenvalue weighted by Crippen LogP contribution is -2.29. The molecule has 0 N–H and O–H groups in total. The first kappa shape index (κ1) is 17.2. The van der Waals surface area contributed by atoms with Gasteiger partial charge in [-0.3, -0.25) is 9.36 Å². The Hall–Kier alpha value is -2.24. The van der Waals surface area contributed by atoms with Crippen molar-refractivity contribution in [1.29, 1.82) is 0 Å². The lowest BCUT2D eigenvalue weighted by molar-refractivity contribution is -0.143. The van der Waals surface area contributed by atoms with Crippen LogP contribution in [0.2, 0.25) is 5.02 Å². The van der Waals surface area contributed by atoms with Crippen molar-refractivity contribution in [2.45, 2.75) is 17.5 Å². The number of benzene rings is 2. The molecule has 0 saturated carbocycles. The molecule has 2 aromatic carbocycles. The normalized spacial score (nSPS) is 15.8. The molecule has 26 heavy (non-hydrogen) atoms. The zero-order chi connectivity index (χ0) is 18.3. The Morgan fingerprint density at radius 1 is 1.23 bits per heavy atom. The summed E-state index contributed by atoms with van der Waals surface area (Å²) in [7, 11) is 1.33. The zero-order valence-electron chi connectivity index (χ0n) is 14.1. The molecule has 0 amide bonds. The van der Waals surface area contributed by atoms with Crippen LogP contribution in [0.1, 0.15) is 17.2 Å². The van der Waals surface area contributed by atoms with Crippen molar-refractivity contribution >= 4 is 40.1 Å². The zero-order valence-corrected chi connectivity index (χ0v) is 15.6. The summed E-state index contributed by atoms with van der Waals surface area (Å²) < 4.78 is 6.25. The average molecular weight is 386 g/mol. The largest absolute Gasteiger partial charge is 0.467 e. The third-order valence-electron chi connectivity index (χ3n) is 4.65. The standard InChI is InChI=1S/C20H16ClNO3S/c1-25-20(24)16-11-26-19-18(21)14(10-17(23)22(16)19)9-13-7-4-6-12-5-2-3-8-15(12)13/h2-8,10,16H,9,11H2,1H3/t16-/m0/s1. The minimum atomic E-state index is -0.614. The van der Waals surface area contributed by atoms with Gasteiger partial charge in [0.1, 0.15) is 6.04 Å². The second kappa shape index (κ2) is 6.82. The Morgan fingerprint density at radius 2 is 2.00 bits per heavy atom. The van der Waals surface area contributed by atoms with Crippen LogP contribution in [-0.4, -0.2) is 23.4 Å². The molecule has 132 valence electrons. The predicted molar refractivity (Wildman–Crippen MR) is 104 cm³/mol. The lowest BCUT2D eigenvalue weighted by atomic mass is 9.99. The highest BCUT2D eigenvalue weighted by molar-refractivity contribution is 7.99. The van der Waals surface area contributed by atoms with Crippen molar-refractivity contribution in [2.24, 2.45) is 0 Å². The van der Waals surface area contributed by atoms with Gasteiger partial charge in [-0.05, 0) is 28.3 Å². The fraction of sp³-hybridized carbons (Fsp3) is 0.200. The summed E-state index contributed by atoms with van der Waals surface area (Å²) in [6.45, 7) is 0. The van der Waals surface area contributed by atoms with Gasteiger partial charge in [-0.15, -0.1) is 11.8 Å². The van der Waals surface area contributed by atoms with Crippen LogP contribution in [0.25, 0.3) is 10.8 Å². The first-order valence-corrected chi connectivity index (χ1v) is 9.57. The molecule has 0 unspecified atom stereocenters. The Balaban J connectivity index is 1.79. The third-order valence-corrected chi connectivity index (χ3v) is 6.34. The van der Waals surface area contributed by atoms with Crippen LogP contribution in [0.4, 0.5) is 0 Å². The molecule has 1 atom stereocenters. The summed E-state index contributed by atoms with van der Waals surface area (Å²) in [6.07, 6.45) is 0.562. The number of fused-ring (bicyclic) bond motifs is 2. The van der Waals surface area contributed by atoms with Gasteiger partial charge in [-0.1, -0.05) is 54.1 Å². The fourth-order valence-electron chi connectivity index (χ4n) is 3.38. The number of esters is 1. The topological polar surface area (TPSA) is 48.3 Å². The summed E-state index contributed by atoms with van der Waals surface area (Å²) in [6, 6.07) is 15.2. The molecule has 0 spiro atoms. The number of ether oxygens (including phenoxy) is 1. The van der Waals surface area contributed by atoms with Gasteiger partial charge in [0.2, 0.25) is 0 Å². The van der Waals surface area contributed by atoms with E-state index in [1.54, 1.807) is 0 Å². The molecule has 0 saturated heterocycles. The predicted octanol–water partition coefficient (Wildman–Crippen LogP) is 4.07. The molecule has 1 aromatic heterocycles. The monoisotopic (exact) mass is 385 g/mol. The maximum atomic E-state index is 12.7. The number of hydrogen-bond acceptors (Lipinski definition) is 4. The Morgan fingerprint density at radius 3 is 2.81 bits per heavy atom. The number of thioether (sulfide) groups is 1. The van der Waals surface area contributed by atoms with Crippen LogP contribution in [0, 0.1) is 0 Å². The van der Waals surface area contributed by atoms with E-state index in [0.717, 1.165) is 21.9 Å². The first-order chi connectivity index (χ1) is 12.6. The molecule has 6 heteroatoms. The van der Waals surface area contributed by atoms with Crippen molar-refractivity contribution in [3.63, 3.8) is 0 Å². The van der Waals surface area contributed by atoms with Gasteiger partial charge >= 0.3 is 5.97 Å². The van der Waals surface area contributed by atoms with E-state index in [2.05, 4.69) is 18.2 Å². The Labute approximate surface area is 159 Å². The van der Waals surface area contributed by atoms with E-state index >= 15 is 0 Å². The van der Waals surface area contributed by atoms with Crippen molar-refractivity contribution < 1.29 is 9.53 Å². The molecule has 1 aliphatic rings. The number of carbonyl (C=O) groups excluding carboxylic acids is 1. The highest BCUT2D eigenvalue weighted by Gasteiger charge is 2.33. The smallest absolute Gasteiger partial charge is 0.329 e. The van der Waals surface area contributed by atoms with Gasteiger partial charge in [0.05, 0.1) is 17.2 Å². The number of halogens is 1. The second-order valence-electron chi connectivity index (χ2n) is 6.16. The van der Waals surface area contributed by atoms with Gasteiger partial charge in [0.15, 0.2) is 0 Å². The van der Waals surface area contributed by atoms with E-state index in [-0.39, 0.29) is 5.56 Å². The lowest BCUT2D eigenvalue weighted by Gasteiger charge is -2.14. The second-order valence-corrected chi connectivity index (χ2v) is 7.55. The van der Waals surface area contributed by atoms with Crippen LogP contribution in [0.3, 0.4) is 0 Å². The highest BCUT2D eigenvalue weighted by Crippen LogP contribution is 2.39. The van der Waals surface area contributed by atoms with Gasteiger partial charge in [-0.2, -0.15) is 0 Å². The van der Waals surface area contributed by atoms with E-state index in [1.807, 2.05) is 24.3 Å². The van der Waals surface area contributed by atoms with Gasteiger partial charge < -0.3 is 4.74 Å². The van der Waals surface area contributed by atoms with Crippen LogP contribution in [0.15, 0.2) is 58.4 Å². The van der Waals surface area contributed by atoms with Crippen molar-refractivity contribution in [1.82, 2.24) is 4.57 Å². The Kier molecular flexibility index (Phi) is 4.51. The molecular formula is C20H16ClNO3S. The molecule has 0 fully saturated rings. The summed E-state index contributed by atoms with van der Waals surface area (Å²) in [5, 5.41) is 3.48. The quantitative estimate of drug-likeness (QED) is 0.638. The summed E-state index contributed by atoms with van der Waals surface area (Å²) >= 11 is 8.03. The van der Waals surface area contributed by atoms with Crippen molar-refractivity contribution in [3.05, 3.63) is 75.0 Å². The van der Waals surface area contributed by atoms with Crippen LogP contribution in [-0.2, 0) is 16.0 Å². The number of nitrogens with zero attached hydrogens (tertiary/aromatic N) is 1. The van der Waals surface area contributed by atoms with Crippen molar-refractivity contribution in [3.8, 4) is 0 Å². The summed E-state index contributed by atoms with van der Waals surface area (Å²) in [5.74, 6) is 0.0375. The van der Waals surface area contributed by atoms with Crippen LogP contribution < -0.4 is 5.56 Å². The third kappa shape index (κ3) is 2.81. The first-order valence-electron chi connectivity index (χ1n) is 8.21. The molecule has 3 aromatic rings. The molecule has 0 aliphatic carbocycles. The van der Waals surface area contributed by atoms with Gasteiger partial charge in [0.25, 0.3) is 5.56 Å². The fourth-order valence-corrected chi connectivity index (χ4v) is 4.97. The molecular weight excluding hydrogens is 370 g/mol. The molecule has 2 heterocycles. The number of methoxy groups -OCH3 is 1. The number of rotatable bonds is 3. The van der Waals surface area contributed by atoms with E-state index < -0.39 is 12.0 Å². The van der Waals surface area contributed by atoms with E-state index in [1.165, 1.54) is 29.5 Å². The molecule has 0 radical (unpaired) electrons. The average Bonchev–Trinajstić information content (AvgIpc) is 3.11. The number of hydrogen-bond donors (Lipinski definition) is 0. The molecule has 1 aliphatic heterocycles. The maximum Gasteiger partial charge on any atom is 0.329 e. The van der Waals surface area contributed by atoms with Crippen molar-refractivity contribution in [2.75, 3.05) is 12.9 Å². The van der Waals surface area contributed by atoms with E-state index in [0.29, 0.717) is 22.2 Å². The minimum Gasteiger partial charge on any atom is -0.467 e. The highest BCUT2D eigenvalue weighted by atomic mass is 35.5. The minimum absolute atomic E-state index is 0.222. The van der Waals surface area contributed by atoms with Crippen LogP contribution >= 0.6 is 23.4 Å². The summed E-state index contributed by atoms with van der Waals surface area (Å²) in [5.41, 5.74) is 1.67. The van der Waals surface area contributed by atoms with E-state index in [9.17, 15) is 9.59 Å². The number of pyridine rings is 1. The maximum absolute atomic E-state index is 12.7. The SMILES string of the molecule is COC(=O)[C@@H]1CSc2c(Cl)c(Cc3cccc4ccccc34)cc(=O)n21.